The number of thiazole rings is 1. The highest BCUT2D eigenvalue weighted by molar-refractivity contribution is 7.15. The second kappa shape index (κ2) is 7.28. The third-order valence-electron chi connectivity index (χ3n) is 4.39. The molecule has 1 unspecified atom stereocenters. The summed E-state index contributed by atoms with van der Waals surface area (Å²) in [5.41, 5.74) is 2.44. The maximum Gasteiger partial charge on any atom is 0.234 e. The predicted octanol–water partition coefficient (Wildman–Crippen LogP) is 3.94. The maximum atomic E-state index is 13.0. The van der Waals surface area contributed by atoms with Gasteiger partial charge in [0.2, 0.25) is 11.8 Å². The molecule has 0 radical (unpaired) electrons. The van der Waals surface area contributed by atoms with Gasteiger partial charge in [-0.1, -0.05) is 30.3 Å². The molecule has 4 rings (SSSR count). The molecule has 0 aliphatic carbocycles. The minimum absolute atomic E-state index is 0.108. The van der Waals surface area contributed by atoms with E-state index in [1.54, 1.807) is 24.4 Å². The third kappa shape index (κ3) is 3.88. The third-order valence-corrected chi connectivity index (χ3v) is 5.30. The van der Waals surface area contributed by atoms with Gasteiger partial charge in [0.05, 0.1) is 5.92 Å². The number of aromatic nitrogens is 1. The van der Waals surface area contributed by atoms with Gasteiger partial charge >= 0.3 is 0 Å². The lowest BCUT2D eigenvalue weighted by molar-refractivity contribution is -0.123. The van der Waals surface area contributed by atoms with Crippen molar-refractivity contribution in [3.05, 3.63) is 76.5 Å². The zero-order chi connectivity index (χ0) is 18.8. The number of nitrogens with zero attached hydrogens (tertiary/aromatic N) is 1. The summed E-state index contributed by atoms with van der Waals surface area (Å²) >= 11 is 1.37. The summed E-state index contributed by atoms with van der Waals surface area (Å²) in [5, 5.41) is 6.09. The summed E-state index contributed by atoms with van der Waals surface area (Å²) in [7, 11) is 0. The van der Waals surface area contributed by atoms with E-state index in [0.717, 1.165) is 16.0 Å². The number of halogens is 1. The molecule has 2 heterocycles. The fourth-order valence-electron chi connectivity index (χ4n) is 3.09. The SMILES string of the molecule is O=C1CC(C(=O)Nc2ncc(Cc3ccc(F)cc3)s2)c2ccccc2N1. The zero-order valence-electron chi connectivity index (χ0n) is 14.2. The van der Waals surface area contributed by atoms with Crippen LogP contribution in [0.1, 0.15) is 28.3 Å². The molecule has 1 aliphatic heterocycles. The van der Waals surface area contributed by atoms with Crippen LogP contribution in [0.2, 0.25) is 0 Å². The van der Waals surface area contributed by atoms with Gasteiger partial charge < -0.3 is 10.6 Å². The lowest BCUT2D eigenvalue weighted by Gasteiger charge is -2.24. The maximum absolute atomic E-state index is 13.0. The van der Waals surface area contributed by atoms with Crippen LogP contribution < -0.4 is 10.6 Å². The van der Waals surface area contributed by atoms with Gasteiger partial charge in [0, 0.05) is 29.6 Å². The molecule has 0 spiro atoms. The molecule has 2 N–H and O–H groups in total. The van der Waals surface area contributed by atoms with Gasteiger partial charge in [-0.25, -0.2) is 9.37 Å². The van der Waals surface area contributed by atoms with Crippen molar-refractivity contribution in [2.75, 3.05) is 10.6 Å². The first-order valence-corrected chi connectivity index (χ1v) is 9.29. The molecule has 0 saturated heterocycles. The number of amides is 2. The number of benzene rings is 2. The van der Waals surface area contributed by atoms with E-state index in [1.807, 2.05) is 18.2 Å². The van der Waals surface area contributed by atoms with Crippen molar-refractivity contribution in [3.8, 4) is 0 Å². The van der Waals surface area contributed by atoms with Crippen LogP contribution in [0.4, 0.5) is 15.2 Å². The van der Waals surface area contributed by atoms with Crippen molar-refractivity contribution >= 4 is 34.0 Å². The number of carbonyl (C=O) groups excluding carboxylic acids is 2. The van der Waals surface area contributed by atoms with Crippen LogP contribution in [0, 0.1) is 5.82 Å². The minimum atomic E-state index is -0.542. The van der Waals surface area contributed by atoms with Crippen molar-refractivity contribution in [1.29, 1.82) is 0 Å². The van der Waals surface area contributed by atoms with E-state index in [1.165, 1.54) is 23.5 Å². The minimum Gasteiger partial charge on any atom is -0.326 e. The molecule has 1 aliphatic rings. The number of nitrogens with one attached hydrogen (secondary N) is 2. The molecule has 3 aromatic rings. The van der Waals surface area contributed by atoms with Crippen LogP contribution in [0.15, 0.2) is 54.7 Å². The van der Waals surface area contributed by atoms with E-state index in [4.69, 9.17) is 0 Å². The van der Waals surface area contributed by atoms with Gasteiger partial charge in [-0.3, -0.25) is 9.59 Å². The van der Waals surface area contributed by atoms with Gasteiger partial charge in [-0.2, -0.15) is 0 Å². The number of hydrogen-bond donors (Lipinski definition) is 2. The van der Waals surface area contributed by atoms with Crippen molar-refractivity contribution in [2.45, 2.75) is 18.8 Å². The average Bonchev–Trinajstić information content (AvgIpc) is 3.09. The van der Waals surface area contributed by atoms with E-state index in [0.29, 0.717) is 17.2 Å². The summed E-state index contributed by atoms with van der Waals surface area (Å²) in [4.78, 5) is 29.8. The van der Waals surface area contributed by atoms with E-state index in [2.05, 4.69) is 15.6 Å². The second-order valence-corrected chi connectivity index (χ2v) is 7.43. The molecule has 1 atom stereocenters. The number of anilines is 2. The highest BCUT2D eigenvalue weighted by Crippen LogP contribution is 2.33. The molecule has 1 aromatic heterocycles. The molecule has 2 aromatic carbocycles. The van der Waals surface area contributed by atoms with Crippen molar-refractivity contribution in [1.82, 2.24) is 4.98 Å². The van der Waals surface area contributed by atoms with Crippen LogP contribution in [0.25, 0.3) is 0 Å². The summed E-state index contributed by atoms with van der Waals surface area (Å²) in [6.07, 6.45) is 2.42. The Morgan fingerprint density at radius 2 is 2.00 bits per heavy atom. The number of para-hydroxylation sites is 1. The number of carbonyl (C=O) groups is 2. The largest absolute Gasteiger partial charge is 0.326 e. The molecular weight excluding hydrogens is 365 g/mol. The Kier molecular flexibility index (Phi) is 4.68. The van der Waals surface area contributed by atoms with E-state index in [-0.39, 0.29) is 24.1 Å². The molecule has 7 heteroatoms. The van der Waals surface area contributed by atoms with Crippen molar-refractivity contribution in [2.24, 2.45) is 0 Å². The van der Waals surface area contributed by atoms with Crippen LogP contribution in [0.5, 0.6) is 0 Å². The highest BCUT2D eigenvalue weighted by atomic mass is 32.1. The lowest BCUT2D eigenvalue weighted by atomic mass is 9.90. The van der Waals surface area contributed by atoms with Crippen LogP contribution in [-0.4, -0.2) is 16.8 Å². The molecule has 0 bridgehead atoms. The first kappa shape index (κ1) is 17.4. The Morgan fingerprint density at radius 3 is 2.81 bits per heavy atom. The summed E-state index contributed by atoms with van der Waals surface area (Å²) in [6, 6.07) is 13.6. The van der Waals surface area contributed by atoms with Crippen LogP contribution in [0.3, 0.4) is 0 Å². The summed E-state index contributed by atoms with van der Waals surface area (Å²) in [5.74, 6) is -1.24. The highest BCUT2D eigenvalue weighted by Gasteiger charge is 2.30. The molecule has 0 saturated carbocycles. The van der Waals surface area contributed by atoms with Gasteiger partial charge in [0.15, 0.2) is 5.13 Å². The topological polar surface area (TPSA) is 71.1 Å². The average molecular weight is 381 g/mol. The molecular formula is C20H16FN3O2S. The number of fused-ring (bicyclic) bond motifs is 1. The smallest absolute Gasteiger partial charge is 0.234 e. The Bertz CT molecular complexity index is 1000. The molecule has 136 valence electrons. The quantitative estimate of drug-likeness (QED) is 0.719. The van der Waals surface area contributed by atoms with Crippen LogP contribution in [-0.2, 0) is 16.0 Å². The Morgan fingerprint density at radius 1 is 1.22 bits per heavy atom. The van der Waals surface area contributed by atoms with E-state index >= 15 is 0 Å². The van der Waals surface area contributed by atoms with Crippen molar-refractivity contribution < 1.29 is 14.0 Å². The first-order valence-electron chi connectivity index (χ1n) is 8.47. The second-order valence-electron chi connectivity index (χ2n) is 6.32. The Balaban J connectivity index is 1.47. The van der Waals surface area contributed by atoms with Crippen LogP contribution >= 0.6 is 11.3 Å². The molecule has 27 heavy (non-hydrogen) atoms. The van der Waals surface area contributed by atoms with Gasteiger partial charge in [-0.15, -0.1) is 11.3 Å². The zero-order valence-corrected chi connectivity index (χ0v) is 15.1. The number of hydrogen-bond acceptors (Lipinski definition) is 4. The summed E-state index contributed by atoms with van der Waals surface area (Å²) in [6.45, 7) is 0. The fourth-order valence-corrected chi connectivity index (χ4v) is 3.94. The Labute approximate surface area is 159 Å². The summed E-state index contributed by atoms with van der Waals surface area (Å²) < 4.78 is 13.0. The van der Waals surface area contributed by atoms with Crippen molar-refractivity contribution in [3.63, 3.8) is 0 Å². The van der Waals surface area contributed by atoms with E-state index < -0.39 is 5.92 Å². The lowest BCUT2D eigenvalue weighted by Crippen LogP contribution is -2.30. The van der Waals surface area contributed by atoms with Gasteiger partial charge in [-0.05, 0) is 29.3 Å². The normalized spacial score (nSPS) is 15.7. The molecule has 0 fully saturated rings. The fraction of sp³-hybridized carbons (Fsp3) is 0.150. The molecule has 2 amide bonds. The molecule has 5 nitrogen and oxygen atoms in total. The van der Waals surface area contributed by atoms with Gasteiger partial charge in [0.1, 0.15) is 5.82 Å². The predicted molar refractivity (Wildman–Crippen MR) is 102 cm³/mol. The Hall–Kier alpha value is -3.06. The standard InChI is InChI=1S/C20H16FN3O2S/c21-13-7-5-12(6-8-13)9-14-11-22-20(27-14)24-19(26)16-10-18(25)23-17-4-2-1-3-15(16)17/h1-8,11,16H,9-10H2,(H,23,25)(H,22,24,26). The first-order chi connectivity index (χ1) is 13.1. The van der Waals surface area contributed by atoms with Gasteiger partial charge in [0.25, 0.3) is 0 Å². The monoisotopic (exact) mass is 381 g/mol. The van der Waals surface area contributed by atoms with E-state index in [9.17, 15) is 14.0 Å². The number of rotatable bonds is 4.